The van der Waals surface area contributed by atoms with Crippen LogP contribution < -0.4 is 0 Å². The average molecular weight is 191 g/mol. The lowest BCUT2D eigenvalue weighted by Gasteiger charge is -2.16. The van der Waals surface area contributed by atoms with Gasteiger partial charge in [-0.25, -0.2) is 0 Å². The van der Waals surface area contributed by atoms with E-state index in [0.717, 1.165) is 12.0 Å². The molecule has 1 aromatic heterocycles. The van der Waals surface area contributed by atoms with Crippen molar-refractivity contribution >= 4 is 5.78 Å². The second-order valence-corrected chi connectivity index (χ2v) is 4.72. The van der Waals surface area contributed by atoms with Crippen LogP contribution in [-0.2, 0) is 0 Å². The molecule has 2 nitrogen and oxygen atoms in total. The minimum atomic E-state index is 0.210. The molecule has 0 amide bonds. The van der Waals surface area contributed by atoms with E-state index in [4.69, 9.17) is 0 Å². The predicted molar refractivity (Wildman–Crippen MR) is 57.3 cm³/mol. The Hall–Kier alpha value is -1.18. The Morgan fingerprint density at radius 3 is 2.36 bits per heavy atom. The van der Waals surface area contributed by atoms with Crippen LogP contribution in [0.25, 0.3) is 0 Å². The van der Waals surface area contributed by atoms with Gasteiger partial charge in [0.1, 0.15) is 0 Å². The Labute approximate surface area is 85.4 Å². The number of carbonyl (C=O) groups is 1. The van der Waals surface area contributed by atoms with Crippen LogP contribution in [0.1, 0.15) is 44.0 Å². The first-order valence-electron chi connectivity index (χ1n) is 4.92. The molecule has 0 N–H and O–H groups in total. The van der Waals surface area contributed by atoms with Crippen LogP contribution in [-0.4, -0.2) is 10.8 Å². The van der Waals surface area contributed by atoms with Crippen molar-refractivity contribution in [3.8, 4) is 0 Å². The van der Waals surface area contributed by atoms with Crippen molar-refractivity contribution in [1.29, 1.82) is 0 Å². The molecule has 76 valence electrons. The maximum atomic E-state index is 11.7. The summed E-state index contributed by atoms with van der Waals surface area (Å²) in [6.07, 6.45) is 4.86. The molecule has 0 bridgehead atoms. The number of hydrogen-bond acceptors (Lipinski definition) is 2. The maximum Gasteiger partial charge on any atom is 0.163 e. The third-order valence-corrected chi connectivity index (χ3v) is 2.10. The molecule has 0 aliphatic carbocycles. The lowest BCUT2D eigenvalue weighted by atomic mass is 9.89. The van der Waals surface area contributed by atoms with Crippen molar-refractivity contribution < 1.29 is 4.79 Å². The number of pyridine rings is 1. The average Bonchev–Trinajstić information content (AvgIpc) is 2.14. The fourth-order valence-corrected chi connectivity index (χ4v) is 1.17. The lowest BCUT2D eigenvalue weighted by molar-refractivity contribution is 0.0966. The van der Waals surface area contributed by atoms with Crippen LogP contribution in [0.3, 0.4) is 0 Å². The highest BCUT2D eigenvalue weighted by atomic mass is 16.1. The zero-order valence-corrected chi connectivity index (χ0v) is 9.08. The fourth-order valence-electron chi connectivity index (χ4n) is 1.17. The van der Waals surface area contributed by atoms with Crippen molar-refractivity contribution in [3.63, 3.8) is 0 Å². The minimum absolute atomic E-state index is 0.210. The Morgan fingerprint density at radius 1 is 1.29 bits per heavy atom. The molecule has 0 aromatic carbocycles. The van der Waals surface area contributed by atoms with E-state index in [2.05, 4.69) is 25.8 Å². The van der Waals surface area contributed by atoms with Gasteiger partial charge in [-0.3, -0.25) is 9.78 Å². The van der Waals surface area contributed by atoms with Gasteiger partial charge in [-0.2, -0.15) is 0 Å². The van der Waals surface area contributed by atoms with Crippen molar-refractivity contribution in [2.75, 3.05) is 0 Å². The molecule has 0 radical (unpaired) electrons. The zero-order chi connectivity index (χ0) is 10.6. The normalized spacial score (nSPS) is 11.4. The molecule has 0 aliphatic heterocycles. The van der Waals surface area contributed by atoms with Gasteiger partial charge >= 0.3 is 0 Å². The summed E-state index contributed by atoms with van der Waals surface area (Å²) >= 11 is 0. The van der Waals surface area contributed by atoms with Gasteiger partial charge < -0.3 is 0 Å². The van der Waals surface area contributed by atoms with Gasteiger partial charge in [0.2, 0.25) is 0 Å². The van der Waals surface area contributed by atoms with Crippen LogP contribution in [0.5, 0.6) is 0 Å². The summed E-state index contributed by atoms with van der Waals surface area (Å²) in [6, 6.07) is 3.54. The summed E-state index contributed by atoms with van der Waals surface area (Å²) < 4.78 is 0. The van der Waals surface area contributed by atoms with Crippen LogP contribution >= 0.6 is 0 Å². The van der Waals surface area contributed by atoms with Crippen molar-refractivity contribution in [3.05, 3.63) is 30.1 Å². The Bertz CT molecular complexity index is 298. The van der Waals surface area contributed by atoms with Gasteiger partial charge in [0.15, 0.2) is 5.78 Å². The van der Waals surface area contributed by atoms with E-state index in [1.54, 1.807) is 24.5 Å². The third kappa shape index (κ3) is 3.69. The molecule has 1 rings (SSSR count). The third-order valence-electron chi connectivity index (χ3n) is 2.10. The van der Waals surface area contributed by atoms with Crippen molar-refractivity contribution in [2.24, 2.45) is 5.41 Å². The van der Waals surface area contributed by atoms with E-state index in [1.165, 1.54) is 0 Å². The number of ketones is 1. The SMILES string of the molecule is CC(C)(C)CCC(=O)c1ccncc1. The first kappa shape index (κ1) is 10.9. The molecule has 0 unspecified atom stereocenters. The van der Waals surface area contributed by atoms with Gasteiger partial charge in [-0.15, -0.1) is 0 Å². The number of Topliss-reactive ketones (excluding diaryl/α,β-unsaturated/α-hetero) is 1. The zero-order valence-electron chi connectivity index (χ0n) is 9.08. The van der Waals surface area contributed by atoms with E-state index < -0.39 is 0 Å². The Morgan fingerprint density at radius 2 is 1.86 bits per heavy atom. The second kappa shape index (κ2) is 4.36. The van der Waals surface area contributed by atoms with Gasteiger partial charge in [0.05, 0.1) is 0 Å². The Kier molecular flexibility index (Phi) is 3.39. The molecule has 2 heteroatoms. The van der Waals surface area contributed by atoms with Gasteiger partial charge in [0.25, 0.3) is 0 Å². The smallest absolute Gasteiger partial charge is 0.163 e. The van der Waals surface area contributed by atoms with Crippen LogP contribution in [0.15, 0.2) is 24.5 Å². The van der Waals surface area contributed by atoms with Crippen LogP contribution in [0, 0.1) is 5.41 Å². The summed E-state index contributed by atoms with van der Waals surface area (Å²) in [5, 5.41) is 0. The number of carbonyl (C=O) groups excluding carboxylic acids is 1. The van der Waals surface area contributed by atoms with Crippen LogP contribution in [0.2, 0.25) is 0 Å². The molecular formula is C12H17NO. The molecule has 1 heterocycles. The highest BCUT2D eigenvalue weighted by Gasteiger charge is 2.13. The molecule has 0 aliphatic rings. The molecule has 14 heavy (non-hydrogen) atoms. The predicted octanol–water partition coefficient (Wildman–Crippen LogP) is 3.09. The first-order chi connectivity index (χ1) is 6.49. The van der Waals surface area contributed by atoms with E-state index in [9.17, 15) is 4.79 Å². The molecule has 0 fully saturated rings. The molecule has 0 saturated carbocycles. The van der Waals surface area contributed by atoms with Crippen molar-refractivity contribution in [2.45, 2.75) is 33.6 Å². The number of nitrogens with zero attached hydrogens (tertiary/aromatic N) is 1. The van der Waals surface area contributed by atoms with Gasteiger partial charge in [-0.05, 0) is 24.0 Å². The largest absolute Gasteiger partial charge is 0.294 e. The molecular weight excluding hydrogens is 174 g/mol. The number of hydrogen-bond donors (Lipinski definition) is 0. The van der Waals surface area contributed by atoms with E-state index in [-0.39, 0.29) is 11.2 Å². The summed E-state index contributed by atoms with van der Waals surface area (Å²) in [5.74, 6) is 0.210. The second-order valence-electron chi connectivity index (χ2n) is 4.72. The van der Waals surface area contributed by atoms with Crippen molar-refractivity contribution in [1.82, 2.24) is 4.98 Å². The first-order valence-corrected chi connectivity index (χ1v) is 4.92. The number of rotatable bonds is 3. The number of aromatic nitrogens is 1. The quantitative estimate of drug-likeness (QED) is 0.687. The summed E-state index contributed by atoms with van der Waals surface area (Å²) in [7, 11) is 0. The fraction of sp³-hybridized carbons (Fsp3) is 0.500. The van der Waals surface area contributed by atoms with Crippen LogP contribution in [0.4, 0.5) is 0 Å². The van der Waals surface area contributed by atoms with Gasteiger partial charge in [0, 0.05) is 24.4 Å². The topological polar surface area (TPSA) is 30.0 Å². The standard InChI is InChI=1S/C12H17NO/c1-12(2,3)7-4-11(14)10-5-8-13-9-6-10/h5-6,8-9H,4,7H2,1-3H3. The Balaban J connectivity index is 2.52. The summed E-state index contributed by atoms with van der Waals surface area (Å²) in [4.78, 5) is 15.5. The van der Waals surface area contributed by atoms with E-state index in [1.807, 2.05) is 0 Å². The van der Waals surface area contributed by atoms with Gasteiger partial charge in [-0.1, -0.05) is 20.8 Å². The molecule has 1 aromatic rings. The highest BCUT2D eigenvalue weighted by Crippen LogP contribution is 2.21. The lowest BCUT2D eigenvalue weighted by Crippen LogP contribution is -2.09. The van der Waals surface area contributed by atoms with E-state index >= 15 is 0 Å². The highest BCUT2D eigenvalue weighted by molar-refractivity contribution is 5.95. The minimum Gasteiger partial charge on any atom is -0.294 e. The summed E-state index contributed by atoms with van der Waals surface area (Å²) in [5.41, 5.74) is 0.993. The molecule has 0 atom stereocenters. The molecule has 0 spiro atoms. The maximum absolute atomic E-state index is 11.7. The van der Waals surface area contributed by atoms with E-state index in [0.29, 0.717) is 6.42 Å². The summed E-state index contributed by atoms with van der Waals surface area (Å²) in [6.45, 7) is 6.44. The monoisotopic (exact) mass is 191 g/mol. The molecule has 0 saturated heterocycles.